The Balaban J connectivity index is 2.21. The first-order valence-corrected chi connectivity index (χ1v) is 6.76. The molecule has 2 amide bonds. The third-order valence-electron chi connectivity index (χ3n) is 3.79. The van der Waals surface area contributed by atoms with Gasteiger partial charge in [0.25, 0.3) is 5.91 Å². The Bertz CT molecular complexity index is 507. The van der Waals surface area contributed by atoms with Crippen molar-refractivity contribution in [3.05, 3.63) is 29.3 Å². The molecule has 19 heavy (non-hydrogen) atoms. The predicted molar refractivity (Wildman–Crippen MR) is 75.2 cm³/mol. The molecule has 0 radical (unpaired) electrons. The summed E-state index contributed by atoms with van der Waals surface area (Å²) < 4.78 is 0. The molecule has 4 nitrogen and oxygen atoms in total. The van der Waals surface area contributed by atoms with E-state index in [1.54, 1.807) is 17.0 Å². The van der Waals surface area contributed by atoms with Gasteiger partial charge in [-0.15, -0.1) is 0 Å². The van der Waals surface area contributed by atoms with E-state index < -0.39 is 0 Å². The number of hydrogen-bond acceptors (Lipinski definition) is 2. The van der Waals surface area contributed by atoms with E-state index in [1.165, 1.54) is 0 Å². The van der Waals surface area contributed by atoms with E-state index in [2.05, 4.69) is 19.2 Å². The highest BCUT2D eigenvalue weighted by Gasteiger charge is 2.22. The minimum absolute atomic E-state index is 0.00653. The molecular weight excluding hydrogens is 240 g/mol. The lowest BCUT2D eigenvalue weighted by Crippen LogP contribution is -2.36. The second kappa shape index (κ2) is 5.43. The van der Waals surface area contributed by atoms with Gasteiger partial charge in [-0.25, -0.2) is 0 Å². The van der Waals surface area contributed by atoms with Crippen molar-refractivity contribution < 1.29 is 9.59 Å². The van der Waals surface area contributed by atoms with Crippen LogP contribution in [0.1, 0.15) is 42.6 Å². The molecule has 1 aromatic carbocycles. The van der Waals surface area contributed by atoms with Gasteiger partial charge in [-0.05, 0) is 30.5 Å². The third kappa shape index (κ3) is 2.62. The van der Waals surface area contributed by atoms with E-state index in [4.69, 9.17) is 0 Å². The first-order valence-electron chi connectivity index (χ1n) is 6.76. The Labute approximate surface area is 113 Å². The second-order valence-corrected chi connectivity index (χ2v) is 4.98. The number of fused-ring (bicyclic) bond motifs is 1. The summed E-state index contributed by atoms with van der Waals surface area (Å²) in [5.41, 5.74) is 2.37. The van der Waals surface area contributed by atoms with Gasteiger partial charge in [0.15, 0.2) is 0 Å². The highest BCUT2D eigenvalue weighted by molar-refractivity contribution is 6.02. The van der Waals surface area contributed by atoms with Crippen LogP contribution < -0.4 is 5.32 Å². The highest BCUT2D eigenvalue weighted by Crippen LogP contribution is 2.25. The zero-order valence-electron chi connectivity index (χ0n) is 11.7. The van der Waals surface area contributed by atoms with E-state index in [0.29, 0.717) is 12.0 Å². The number of nitrogens with zero attached hydrogens (tertiary/aromatic N) is 1. The molecule has 1 aliphatic rings. The van der Waals surface area contributed by atoms with E-state index in [-0.39, 0.29) is 17.9 Å². The molecule has 0 saturated heterocycles. The van der Waals surface area contributed by atoms with Crippen LogP contribution in [-0.2, 0) is 11.2 Å². The minimum atomic E-state index is -0.00653. The summed E-state index contributed by atoms with van der Waals surface area (Å²) in [6.45, 7) is 4.17. The van der Waals surface area contributed by atoms with Crippen molar-refractivity contribution in [2.24, 2.45) is 0 Å². The van der Waals surface area contributed by atoms with Crippen LogP contribution in [0.3, 0.4) is 0 Å². The van der Waals surface area contributed by atoms with Crippen molar-refractivity contribution in [1.82, 2.24) is 4.90 Å². The molecule has 1 heterocycles. The van der Waals surface area contributed by atoms with Gasteiger partial charge in [-0.1, -0.05) is 19.9 Å². The number of carbonyl (C=O) groups excluding carboxylic acids is 2. The summed E-state index contributed by atoms with van der Waals surface area (Å²) in [6.07, 6.45) is 2.30. The quantitative estimate of drug-likeness (QED) is 0.904. The monoisotopic (exact) mass is 260 g/mol. The highest BCUT2D eigenvalue weighted by atomic mass is 16.2. The maximum absolute atomic E-state index is 12.4. The number of carbonyl (C=O) groups is 2. The lowest BCUT2D eigenvalue weighted by atomic mass is 10.1. The Morgan fingerprint density at radius 3 is 2.68 bits per heavy atom. The lowest BCUT2D eigenvalue weighted by molar-refractivity contribution is -0.115. The van der Waals surface area contributed by atoms with Crippen LogP contribution in [0.2, 0.25) is 0 Å². The number of benzene rings is 1. The van der Waals surface area contributed by atoms with Crippen LogP contribution in [0.4, 0.5) is 5.69 Å². The summed E-state index contributed by atoms with van der Waals surface area (Å²) in [5, 5.41) is 2.78. The maximum Gasteiger partial charge on any atom is 0.253 e. The predicted octanol–water partition coefficient (Wildman–Crippen LogP) is 2.44. The topological polar surface area (TPSA) is 49.4 Å². The maximum atomic E-state index is 12.4. The van der Waals surface area contributed by atoms with Crippen LogP contribution in [0.15, 0.2) is 18.2 Å². The Morgan fingerprint density at radius 1 is 1.37 bits per heavy atom. The summed E-state index contributed by atoms with van der Waals surface area (Å²) in [4.78, 5) is 25.5. The molecule has 0 bridgehead atoms. The zero-order valence-corrected chi connectivity index (χ0v) is 11.7. The molecule has 0 saturated carbocycles. The minimum Gasteiger partial charge on any atom is -0.339 e. The van der Waals surface area contributed by atoms with Crippen molar-refractivity contribution in [2.75, 3.05) is 12.4 Å². The number of anilines is 1. The van der Waals surface area contributed by atoms with Gasteiger partial charge in [0, 0.05) is 24.3 Å². The molecule has 0 spiro atoms. The fourth-order valence-electron chi connectivity index (χ4n) is 2.55. The number of hydrogen-bond donors (Lipinski definition) is 1. The zero-order chi connectivity index (χ0) is 14.0. The van der Waals surface area contributed by atoms with Crippen molar-refractivity contribution in [2.45, 2.75) is 39.2 Å². The van der Waals surface area contributed by atoms with Gasteiger partial charge in [0.1, 0.15) is 0 Å². The first kappa shape index (κ1) is 13.6. The standard InChI is InChI=1S/C15H20N2O2/c1-4-12(5-2)17(3)15(19)11-7-6-10-9-14(18)16-13(10)8-11/h6-8,12H,4-5,9H2,1-3H3,(H,16,18). The van der Waals surface area contributed by atoms with Gasteiger partial charge in [0.05, 0.1) is 6.42 Å². The van der Waals surface area contributed by atoms with Crippen LogP contribution in [-0.4, -0.2) is 29.8 Å². The van der Waals surface area contributed by atoms with Crippen molar-refractivity contribution in [3.8, 4) is 0 Å². The van der Waals surface area contributed by atoms with E-state index >= 15 is 0 Å². The van der Waals surface area contributed by atoms with E-state index in [1.807, 2.05) is 13.1 Å². The number of amides is 2. The largest absolute Gasteiger partial charge is 0.339 e. The van der Waals surface area contributed by atoms with Crippen molar-refractivity contribution in [1.29, 1.82) is 0 Å². The molecule has 4 heteroatoms. The average molecular weight is 260 g/mol. The van der Waals surface area contributed by atoms with Crippen LogP contribution in [0.5, 0.6) is 0 Å². The summed E-state index contributed by atoms with van der Waals surface area (Å²) in [6, 6.07) is 5.71. The molecule has 1 N–H and O–H groups in total. The molecular formula is C15H20N2O2. The van der Waals surface area contributed by atoms with Gasteiger partial charge in [-0.2, -0.15) is 0 Å². The fourth-order valence-corrected chi connectivity index (χ4v) is 2.55. The normalized spacial score (nSPS) is 13.4. The van der Waals surface area contributed by atoms with Crippen molar-refractivity contribution in [3.63, 3.8) is 0 Å². The lowest BCUT2D eigenvalue weighted by Gasteiger charge is -2.26. The first-order chi connectivity index (χ1) is 9.06. The summed E-state index contributed by atoms with van der Waals surface area (Å²) >= 11 is 0. The average Bonchev–Trinajstić information content (AvgIpc) is 2.78. The van der Waals surface area contributed by atoms with Crippen LogP contribution in [0.25, 0.3) is 0 Å². The Kier molecular flexibility index (Phi) is 3.88. The van der Waals surface area contributed by atoms with Crippen LogP contribution in [0, 0.1) is 0 Å². The van der Waals surface area contributed by atoms with Crippen LogP contribution >= 0.6 is 0 Å². The second-order valence-electron chi connectivity index (χ2n) is 4.98. The fraction of sp³-hybridized carbons (Fsp3) is 0.467. The number of nitrogens with one attached hydrogen (secondary N) is 1. The molecule has 0 aromatic heterocycles. The number of rotatable bonds is 4. The molecule has 1 aromatic rings. The van der Waals surface area contributed by atoms with E-state index in [0.717, 1.165) is 24.1 Å². The van der Waals surface area contributed by atoms with Gasteiger partial charge < -0.3 is 10.2 Å². The third-order valence-corrected chi connectivity index (χ3v) is 3.79. The molecule has 1 aliphatic heterocycles. The molecule has 102 valence electrons. The van der Waals surface area contributed by atoms with Gasteiger partial charge in [0.2, 0.25) is 5.91 Å². The van der Waals surface area contributed by atoms with Crippen molar-refractivity contribution >= 4 is 17.5 Å². The Hall–Kier alpha value is -1.84. The molecule has 0 unspecified atom stereocenters. The SMILES string of the molecule is CCC(CC)N(C)C(=O)c1ccc2c(c1)NC(=O)C2. The Morgan fingerprint density at radius 2 is 2.05 bits per heavy atom. The molecule has 0 aliphatic carbocycles. The molecule has 0 atom stereocenters. The molecule has 2 rings (SSSR count). The summed E-state index contributed by atoms with van der Waals surface area (Å²) in [7, 11) is 1.84. The van der Waals surface area contributed by atoms with E-state index in [9.17, 15) is 9.59 Å². The molecule has 0 fully saturated rings. The smallest absolute Gasteiger partial charge is 0.253 e. The summed E-state index contributed by atoms with van der Waals surface area (Å²) in [5.74, 6) is 0.00518. The van der Waals surface area contributed by atoms with Gasteiger partial charge in [-0.3, -0.25) is 9.59 Å². The van der Waals surface area contributed by atoms with Gasteiger partial charge >= 0.3 is 0 Å².